The zero-order valence-corrected chi connectivity index (χ0v) is 12.0. The summed E-state index contributed by atoms with van der Waals surface area (Å²) >= 11 is 0. The van der Waals surface area contributed by atoms with E-state index in [1.807, 2.05) is 0 Å². The van der Waals surface area contributed by atoms with Crippen LogP contribution < -0.4 is 10.5 Å². The molecule has 0 spiro atoms. The number of alkyl halides is 3. The molecule has 118 valence electrons. The lowest BCUT2D eigenvalue weighted by atomic mass is 9.80. The van der Waals surface area contributed by atoms with Crippen molar-refractivity contribution in [2.45, 2.75) is 38.3 Å². The summed E-state index contributed by atoms with van der Waals surface area (Å²) in [5, 5.41) is 0. The fraction of sp³-hybridized carbons (Fsp3) is 0.625. The first-order chi connectivity index (χ1) is 10.0. The smallest absolute Gasteiger partial charge is 0.416 e. The van der Waals surface area contributed by atoms with Gasteiger partial charge in [0.15, 0.2) is 0 Å². The Labute approximate surface area is 123 Å². The molecule has 0 heterocycles. The maximum Gasteiger partial charge on any atom is 0.416 e. The Kier molecular flexibility index (Phi) is 5.51. The molecule has 1 aromatic rings. The van der Waals surface area contributed by atoms with E-state index in [0.29, 0.717) is 24.8 Å². The second-order valence-electron chi connectivity index (χ2n) is 5.73. The molecule has 2 nitrogen and oxygen atoms in total. The van der Waals surface area contributed by atoms with Gasteiger partial charge in [-0.15, -0.1) is 0 Å². The van der Waals surface area contributed by atoms with Crippen molar-refractivity contribution in [2.24, 2.45) is 17.6 Å². The van der Waals surface area contributed by atoms with Gasteiger partial charge in [-0.25, -0.2) is 0 Å². The fourth-order valence-corrected chi connectivity index (χ4v) is 2.95. The van der Waals surface area contributed by atoms with Crippen molar-refractivity contribution in [2.75, 3.05) is 13.2 Å². The predicted octanol–water partition coefficient (Wildman–Crippen LogP) is 4.24. The van der Waals surface area contributed by atoms with Crippen LogP contribution in [0.15, 0.2) is 24.3 Å². The third kappa shape index (κ3) is 4.63. The van der Waals surface area contributed by atoms with Gasteiger partial charge in [0.05, 0.1) is 12.2 Å². The van der Waals surface area contributed by atoms with Crippen LogP contribution in [0.1, 0.15) is 37.7 Å². The lowest BCUT2D eigenvalue weighted by Crippen LogP contribution is -2.30. The molecule has 0 bridgehead atoms. The molecule has 1 saturated carbocycles. The maximum atomic E-state index is 12.5. The molecule has 21 heavy (non-hydrogen) atoms. The van der Waals surface area contributed by atoms with Crippen molar-refractivity contribution in [3.63, 3.8) is 0 Å². The molecule has 1 aliphatic rings. The summed E-state index contributed by atoms with van der Waals surface area (Å²) in [6.07, 6.45) is 1.81. The summed E-state index contributed by atoms with van der Waals surface area (Å²) in [5.74, 6) is 1.34. The Bertz CT molecular complexity index is 424. The number of benzene rings is 1. The van der Waals surface area contributed by atoms with Crippen molar-refractivity contribution in [3.8, 4) is 5.75 Å². The number of rotatable bonds is 5. The Morgan fingerprint density at radius 2 is 1.71 bits per heavy atom. The minimum Gasteiger partial charge on any atom is -0.493 e. The molecule has 1 aliphatic carbocycles. The summed E-state index contributed by atoms with van der Waals surface area (Å²) in [5.41, 5.74) is 5.17. The van der Waals surface area contributed by atoms with E-state index in [-0.39, 0.29) is 5.92 Å². The Balaban J connectivity index is 1.89. The first-order valence-electron chi connectivity index (χ1n) is 7.51. The predicted molar refractivity (Wildman–Crippen MR) is 76.1 cm³/mol. The van der Waals surface area contributed by atoms with Crippen LogP contribution in [0.2, 0.25) is 0 Å². The second-order valence-corrected chi connectivity index (χ2v) is 5.73. The molecule has 0 amide bonds. The van der Waals surface area contributed by atoms with Crippen LogP contribution in [0, 0.1) is 11.8 Å². The first kappa shape index (κ1) is 16.1. The number of hydrogen-bond donors (Lipinski definition) is 1. The third-order valence-electron chi connectivity index (χ3n) is 4.26. The SMILES string of the molecule is NCC(COc1ccc(C(F)(F)F)cc1)C1CCCCC1. The summed E-state index contributed by atoms with van der Waals surface area (Å²) < 4.78 is 43.1. The Morgan fingerprint density at radius 3 is 2.24 bits per heavy atom. The Hall–Kier alpha value is -1.23. The van der Waals surface area contributed by atoms with Gasteiger partial charge in [-0.3, -0.25) is 0 Å². The molecule has 1 unspecified atom stereocenters. The highest BCUT2D eigenvalue weighted by molar-refractivity contribution is 5.28. The number of nitrogens with two attached hydrogens (primary N) is 1. The van der Waals surface area contributed by atoms with E-state index in [1.54, 1.807) is 0 Å². The van der Waals surface area contributed by atoms with Gasteiger partial charge >= 0.3 is 6.18 Å². The molecule has 0 radical (unpaired) electrons. The maximum absolute atomic E-state index is 12.5. The van der Waals surface area contributed by atoms with Gasteiger partial charge in [-0.2, -0.15) is 13.2 Å². The highest BCUT2D eigenvalue weighted by Crippen LogP contribution is 2.32. The lowest BCUT2D eigenvalue weighted by Gasteiger charge is -2.29. The lowest BCUT2D eigenvalue weighted by molar-refractivity contribution is -0.137. The molecule has 2 N–H and O–H groups in total. The molecule has 2 rings (SSSR count). The van der Waals surface area contributed by atoms with Crippen LogP contribution in [0.4, 0.5) is 13.2 Å². The average Bonchev–Trinajstić information content (AvgIpc) is 2.48. The number of halogens is 3. The monoisotopic (exact) mass is 301 g/mol. The molecular formula is C16H22F3NO. The summed E-state index contributed by atoms with van der Waals surface area (Å²) in [6.45, 7) is 1.04. The summed E-state index contributed by atoms with van der Waals surface area (Å²) in [4.78, 5) is 0. The van der Waals surface area contributed by atoms with Gasteiger partial charge in [-0.1, -0.05) is 32.1 Å². The van der Waals surface area contributed by atoms with Crippen LogP contribution in [0.25, 0.3) is 0 Å². The van der Waals surface area contributed by atoms with E-state index in [9.17, 15) is 13.2 Å². The molecule has 1 aromatic carbocycles. The molecular weight excluding hydrogens is 279 g/mol. The molecule has 1 atom stereocenters. The fourth-order valence-electron chi connectivity index (χ4n) is 2.95. The van der Waals surface area contributed by atoms with Gasteiger partial charge in [0.2, 0.25) is 0 Å². The van der Waals surface area contributed by atoms with E-state index < -0.39 is 11.7 Å². The van der Waals surface area contributed by atoms with Crippen LogP contribution >= 0.6 is 0 Å². The van der Waals surface area contributed by atoms with Crippen LogP contribution in [-0.2, 0) is 6.18 Å². The zero-order valence-electron chi connectivity index (χ0n) is 12.0. The minimum atomic E-state index is -4.31. The van der Waals surface area contributed by atoms with Crippen LogP contribution in [0.5, 0.6) is 5.75 Å². The Morgan fingerprint density at radius 1 is 1.10 bits per heavy atom. The quantitative estimate of drug-likeness (QED) is 0.883. The molecule has 0 aromatic heterocycles. The van der Waals surface area contributed by atoms with Gasteiger partial charge in [0, 0.05) is 5.92 Å². The number of hydrogen-bond acceptors (Lipinski definition) is 2. The zero-order chi connectivity index (χ0) is 15.3. The highest BCUT2D eigenvalue weighted by atomic mass is 19.4. The van der Waals surface area contributed by atoms with Crippen LogP contribution in [0.3, 0.4) is 0 Å². The average molecular weight is 301 g/mol. The molecule has 5 heteroatoms. The topological polar surface area (TPSA) is 35.2 Å². The van der Waals surface area contributed by atoms with Gasteiger partial charge in [0.1, 0.15) is 5.75 Å². The molecule has 0 saturated heterocycles. The third-order valence-corrected chi connectivity index (χ3v) is 4.26. The van der Waals surface area contributed by atoms with E-state index in [1.165, 1.54) is 44.2 Å². The highest BCUT2D eigenvalue weighted by Gasteiger charge is 2.30. The standard InChI is InChI=1S/C16H22F3NO/c17-16(18,19)14-6-8-15(9-7-14)21-11-13(10-20)12-4-2-1-3-5-12/h6-9,12-13H,1-5,10-11,20H2. The largest absolute Gasteiger partial charge is 0.493 e. The summed E-state index contributed by atoms with van der Waals surface area (Å²) in [6, 6.07) is 4.84. The summed E-state index contributed by atoms with van der Waals surface area (Å²) in [7, 11) is 0. The van der Waals surface area contributed by atoms with Crippen molar-refractivity contribution in [1.82, 2.24) is 0 Å². The van der Waals surface area contributed by atoms with E-state index in [4.69, 9.17) is 10.5 Å². The number of ether oxygens (including phenoxy) is 1. The molecule has 0 aliphatic heterocycles. The van der Waals surface area contributed by atoms with E-state index in [0.717, 1.165) is 12.1 Å². The van der Waals surface area contributed by atoms with Gasteiger partial charge in [-0.05, 0) is 36.7 Å². The van der Waals surface area contributed by atoms with E-state index in [2.05, 4.69) is 0 Å². The molecule has 1 fully saturated rings. The van der Waals surface area contributed by atoms with Gasteiger partial charge < -0.3 is 10.5 Å². The van der Waals surface area contributed by atoms with Crippen molar-refractivity contribution >= 4 is 0 Å². The second kappa shape index (κ2) is 7.16. The van der Waals surface area contributed by atoms with Gasteiger partial charge in [0.25, 0.3) is 0 Å². The van der Waals surface area contributed by atoms with Crippen molar-refractivity contribution < 1.29 is 17.9 Å². The van der Waals surface area contributed by atoms with Crippen molar-refractivity contribution in [1.29, 1.82) is 0 Å². The minimum absolute atomic E-state index is 0.285. The normalized spacial score (nSPS) is 18.5. The first-order valence-corrected chi connectivity index (χ1v) is 7.51. The van der Waals surface area contributed by atoms with E-state index >= 15 is 0 Å². The van der Waals surface area contributed by atoms with Crippen LogP contribution in [-0.4, -0.2) is 13.2 Å². The van der Waals surface area contributed by atoms with Crippen molar-refractivity contribution in [3.05, 3.63) is 29.8 Å².